The predicted molar refractivity (Wildman–Crippen MR) is 84.7 cm³/mol. The summed E-state index contributed by atoms with van der Waals surface area (Å²) in [6.07, 6.45) is 0.700. The Morgan fingerprint density at radius 1 is 1.33 bits per heavy atom. The Hall–Kier alpha value is -2.77. The van der Waals surface area contributed by atoms with E-state index < -0.39 is 10.7 Å². The number of hydroxylamine groups is 2. The van der Waals surface area contributed by atoms with Crippen LogP contribution in [0.25, 0.3) is 5.70 Å². The molecule has 0 spiro atoms. The largest absolute Gasteiger partial charge is 0.288 e. The number of fused-ring (bicyclic) bond motifs is 1. The average Bonchev–Trinajstić information content (AvgIpc) is 2.63. The van der Waals surface area contributed by atoms with Gasteiger partial charge >= 0.3 is 0 Å². The summed E-state index contributed by atoms with van der Waals surface area (Å²) in [5.74, 6) is -0.542. The molecule has 0 amide bonds. The van der Waals surface area contributed by atoms with Crippen molar-refractivity contribution in [3.05, 3.63) is 91.5 Å². The molecule has 6 nitrogen and oxygen atoms in total. The second-order valence-electron chi connectivity index (χ2n) is 5.07. The van der Waals surface area contributed by atoms with Gasteiger partial charge in [-0.3, -0.25) is 15.3 Å². The van der Waals surface area contributed by atoms with Gasteiger partial charge in [0.1, 0.15) is 11.5 Å². The van der Waals surface area contributed by atoms with E-state index in [0.29, 0.717) is 21.8 Å². The smallest absolute Gasteiger partial charge is 0.257 e. The maximum atomic E-state index is 14.2. The monoisotopic (exact) mass is 347 g/mol. The van der Waals surface area contributed by atoms with Gasteiger partial charge in [-0.2, -0.15) is 0 Å². The average molecular weight is 348 g/mol. The zero-order chi connectivity index (χ0) is 17.3. The van der Waals surface area contributed by atoms with Crippen molar-refractivity contribution >= 4 is 17.3 Å². The van der Waals surface area contributed by atoms with E-state index in [1.807, 2.05) is 0 Å². The van der Waals surface area contributed by atoms with Gasteiger partial charge in [-0.05, 0) is 30.3 Å². The highest BCUT2D eigenvalue weighted by molar-refractivity contribution is 6.30. The van der Waals surface area contributed by atoms with Gasteiger partial charge in [0, 0.05) is 15.8 Å². The Kier molecular flexibility index (Phi) is 4.28. The fourth-order valence-corrected chi connectivity index (χ4v) is 2.66. The molecular weight excluding hydrogens is 337 g/mol. The lowest BCUT2D eigenvalue weighted by Crippen LogP contribution is -2.32. The predicted octanol–water partition coefficient (Wildman–Crippen LogP) is 2.08. The number of hydrogen-bond acceptors (Lipinski definition) is 5. The van der Waals surface area contributed by atoms with Gasteiger partial charge in [0.05, 0.1) is 22.5 Å². The molecule has 0 atom stereocenters. The highest BCUT2D eigenvalue weighted by atomic mass is 35.5. The summed E-state index contributed by atoms with van der Waals surface area (Å²) in [7, 11) is 0. The molecule has 1 heterocycles. The maximum absolute atomic E-state index is 14.2. The second-order valence-corrected chi connectivity index (χ2v) is 5.50. The van der Waals surface area contributed by atoms with Crippen LogP contribution < -0.4 is 10.6 Å². The number of hydrogen-bond donors (Lipinski definition) is 1. The second kappa shape index (κ2) is 6.38. The van der Waals surface area contributed by atoms with Crippen LogP contribution in [-0.2, 0) is 0 Å². The first-order chi connectivity index (χ1) is 11.5. The normalized spacial score (nSPS) is 15.7. The number of rotatable bonds is 2. The molecular formula is C16H11ClFN3O3. The quantitative estimate of drug-likeness (QED) is 0.666. The number of benzene rings is 2. The van der Waals surface area contributed by atoms with E-state index in [1.165, 1.54) is 24.3 Å². The molecule has 0 aliphatic carbocycles. The molecule has 3 rings (SSSR count). The van der Waals surface area contributed by atoms with Crippen LogP contribution in [0.15, 0.2) is 59.4 Å². The van der Waals surface area contributed by atoms with Gasteiger partial charge in [-0.1, -0.05) is 23.7 Å². The molecule has 0 saturated carbocycles. The Morgan fingerprint density at radius 3 is 2.79 bits per heavy atom. The van der Waals surface area contributed by atoms with Crippen LogP contribution in [0.4, 0.5) is 4.39 Å². The lowest BCUT2D eigenvalue weighted by molar-refractivity contribution is -0.403. The van der Waals surface area contributed by atoms with E-state index in [0.717, 1.165) is 5.06 Å². The summed E-state index contributed by atoms with van der Waals surface area (Å²) in [5, 5.41) is 23.0. The molecule has 0 fully saturated rings. The van der Waals surface area contributed by atoms with Gasteiger partial charge < -0.3 is 0 Å². The van der Waals surface area contributed by atoms with Crippen LogP contribution in [-0.4, -0.2) is 21.7 Å². The van der Waals surface area contributed by atoms with Gasteiger partial charge in [0.2, 0.25) is 0 Å². The van der Waals surface area contributed by atoms with E-state index in [1.54, 1.807) is 18.2 Å². The van der Waals surface area contributed by atoms with E-state index in [-0.39, 0.29) is 23.5 Å². The molecule has 2 aromatic rings. The Labute approximate surface area is 140 Å². The van der Waals surface area contributed by atoms with Crippen molar-refractivity contribution in [2.75, 3.05) is 6.54 Å². The molecule has 2 aromatic carbocycles. The third-order valence-electron chi connectivity index (χ3n) is 3.43. The molecule has 8 heteroatoms. The summed E-state index contributed by atoms with van der Waals surface area (Å²) >= 11 is 6.02. The minimum atomic E-state index is -0.656. The molecule has 0 unspecified atom stereocenters. The zero-order valence-electron chi connectivity index (χ0n) is 12.2. The van der Waals surface area contributed by atoms with E-state index in [4.69, 9.17) is 11.6 Å². The van der Waals surface area contributed by atoms with Crippen LogP contribution in [0.2, 0.25) is 5.02 Å². The summed E-state index contributed by atoms with van der Waals surface area (Å²) in [4.78, 5) is 14.3. The maximum Gasteiger partial charge on any atom is 0.257 e. The third-order valence-corrected chi connectivity index (χ3v) is 3.67. The summed E-state index contributed by atoms with van der Waals surface area (Å²) in [6.45, 7) is -0.267. The molecule has 0 bridgehead atoms. The fraction of sp³-hybridized carbons (Fsp3) is 0.0625. The van der Waals surface area contributed by atoms with Crippen molar-refractivity contribution in [2.45, 2.75) is 0 Å². The van der Waals surface area contributed by atoms with Crippen molar-refractivity contribution in [3.8, 4) is 0 Å². The number of nitro groups is 1. The lowest BCUT2D eigenvalue weighted by Gasteiger charge is -2.19. The van der Waals surface area contributed by atoms with E-state index >= 15 is 0 Å². The van der Waals surface area contributed by atoms with Gasteiger partial charge in [0.15, 0.2) is 0 Å². The Bertz CT molecular complexity index is 975. The SMILES string of the molecule is O=[N+]([O-])/C=C1/CN(O)C(c2ccccc2F)=c2cc(Cl)ccc2=N1. The Balaban J connectivity index is 2.40. The summed E-state index contributed by atoms with van der Waals surface area (Å²) in [6, 6.07) is 10.6. The first-order valence-electron chi connectivity index (χ1n) is 6.90. The standard InChI is InChI=1S/C16H11ClFN3O3/c17-10-5-6-15-13(7-10)16(12-3-1-2-4-14(12)18)20(22)8-11(19-15)9-21(23)24/h1-7,9,22H,8H2/b11-9-. The first-order valence-corrected chi connectivity index (χ1v) is 7.27. The van der Waals surface area contributed by atoms with Gasteiger partial charge in [-0.15, -0.1) is 0 Å². The van der Waals surface area contributed by atoms with Crippen molar-refractivity contribution in [1.29, 1.82) is 0 Å². The van der Waals surface area contributed by atoms with Crippen LogP contribution in [0, 0.1) is 15.9 Å². The molecule has 1 N–H and O–H groups in total. The molecule has 24 heavy (non-hydrogen) atoms. The molecule has 0 saturated heterocycles. The number of nitrogens with zero attached hydrogens (tertiary/aromatic N) is 3. The van der Waals surface area contributed by atoms with Crippen LogP contribution in [0.1, 0.15) is 5.56 Å². The van der Waals surface area contributed by atoms with Crippen LogP contribution >= 0.6 is 11.6 Å². The molecule has 1 aliphatic heterocycles. The number of halogens is 2. The molecule has 0 radical (unpaired) electrons. The molecule has 1 aliphatic rings. The summed E-state index contributed by atoms with van der Waals surface area (Å²) < 4.78 is 14.2. The van der Waals surface area contributed by atoms with Crippen molar-refractivity contribution in [1.82, 2.24) is 5.06 Å². The van der Waals surface area contributed by atoms with Crippen molar-refractivity contribution in [3.63, 3.8) is 0 Å². The van der Waals surface area contributed by atoms with E-state index in [2.05, 4.69) is 4.99 Å². The summed E-state index contributed by atoms with van der Waals surface area (Å²) in [5.41, 5.74) is 0.305. The fourth-order valence-electron chi connectivity index (χ4n) is 2.49. The van der Waals surface area contributed by atoms with Crippen molar-refractivity contribution in [2.24, 2.45) is 4.99 Å². The minimum Gasteiger partial charge on any atom is -0.288 e. The minimum absolute atomic E-state index is 0.0254. The van der Waals surface area contributed by atoms with Crippen LogP contribution in [0.3, 0.4) is 0 Å². The lowest BCUT2D eigenvalue weighted by atomic mass is 10.1. The topological polar surface area (TPSA) is 79.0 Å². The van der Waals surface area contributed by atoms with Gasteiger partial charge in [-0.25, -0.2) is 14.4 Å². The molecule has 122 valence electrons. The highest BCUT2D eigenvalue weighted by Gasteiger charge is 2.20. The molecule has 0 aromatic heterocycles. The third kappa shape index (κ3) is 3.12. The first kappa shape index (κ1) is 16.1. The van der Waals surface area contributed by atoms with Crippen LogP contribution in [0.5, 0.6) is 0 Å². The zero-order valence-corrected chi connectivity index (χ0v) is 12.9. The van der Waals surface area contributed by atoms with Gasteiger partial charge in [0.25, 0.3) is 6.20 Å². The van der Waals surface area contributed by atoms with E-state index in [9.17, 15) is 19.7 Å². The Morgan fingerprint density at radius 2 is 2.08 bits per heavy atom. The van der Waals surface area contributed by atoms with Crippen molar-refractivity contribution < 1.29 is 14.5 Å². The highest BCUT2D eigenvalue weighted by Crippen LogP contribution is 2.20.